The highest BCUT2D eigenvalue weighted by atomic mass is 16.5. The van der Waals surface area contributed by atoms with Crippen molar-refractivity contribution in [3.05, 3.63) is 53.6 Å². The van der Waals surface area contributed by atoms with Gasteiger partial charge in [-0.1, -0.05) is 32.0 Å². The first-order valence-electron chi connectivity index (χ1n) is 10.9. The molecule has 0 aliphatic carbocycles. The van der Waals surface area contributed by atoms with Crippen LogP contribution in [0, 0.1) is 0 Å². The van der Waals surface area contributed by atoms with E-state index in [1.54, 1.807) is 18.2 Å². The molecule has 9 heteroatoms. The number of nitrogens with zero attached hydrogens (tertiary/aromatic N) is 1. The Morgan fingerprint density at radius 1 is 0.970 bits per heavy atom. The third-order valence-corrected chi connectivity index (χ3v) is 4.42. The number of ether oxygens (including phenoxy) is 2. The van der Waals surface area contributed by atoms with Crippen LogP contribution in [0.15, 0.2) is 47.6 Å². The second kappa shape index (κ2) is 13.5. The highest BCUT2D eigenvalue weighted by molar-refractivity contribution is 6.35. The van der Waals surface area contributed by atoms with Gasteiger partial charge in [0.2, 0.25) is 0 Å². The van der Waals surface area contributed by atoms with Crippen LogP contribution in [0.2, 0.25) is 0 Å². The van der Waals surface area contributed by atoms with Gasteiger partial charge in [0.25, 0.3) is 5.91 Å². The van der Waals surface area contributed by atoms with Crippen LogP contribution in [0.3, 0.4) is 0 Å². The van der Waals surface area contributed by atoms with Gasteiger partial charge in [0.05, 0.1) is 12.8 Å². The maximum absolute atomic E-state index is 12.3. The van der Waals surface area contributed by atoms with Crippen LogP contribution in [0.5, 0.6) is 11.5 Å². The molecular formula is C24H30N4O5. The second-order valence-electron chi connectivity index (χ2n) is 6.94. The van der Waals surface area contributed by atoms with E-state index in [0.29, 0.717) is 30.2 Å². The van der Waals surface area contributed by atoms with E-state index in [-0.39, 0.29) is 12.5 Å². The van der Waals surface area contributed by atoms with Gasteiger partial charge in [-0.2, -0.15) is 5.10 Å². The SMILES string of the molecule is CCCNC(=O)C(=O)N/N=C\c1ccc(OCC(=O)Nc2ccccc2CC)c(OCC)c1. The van der Waals surface area contributed by atoms with E-state index >= 15 is 0 Å². The van der Waals surface area contributed by atoms with Gasteiger partial charge in [0.15, 0.2) is 18.1 Å². The lowest BCUT2D eigenvalue weighted by Gasteiger charge is -2.13. The van der Waals surface area contributed by atoms with Crippen molar-refractivity contribution in [1.82, 2.24) is 10.7 Å². The number of aryl methyl sites for hydroxylation is 1. The molecule has 0 spiro atoms. The highest BCUT2D eigenvalue weighted by Gasteiger charge is 2.12. The minimum absolute atomic E-state index is 0.186. The Morgan fingerprint density at radius 2 is 1.76 bits per heavy atom. The predicted octanol–water partition coefficient (Wildman–Crippen LogP) is 2.64. The Balaban J connectivity index is 1.97. The van der Waals surface area contributed by atoms with Crippen molar-refractivity contribution >= 4 is 29.6 Å². The van der Waals surface area contributed by atoms with Crippen LogP contribution >= 0.6 is 0 Å². The summed E-state index contributed by atoms with van der Waals surface area (Å²) in [5, 5.41) is 9.11. The summed E-state index contributed by atoms with van der Waals surface area (Å²) in [6.07, 6.45) is 2.91. The number of carbonyl (C=O) groups is 3. The fraction of sp³-hybridized carbons (Fsp3) is 0.333. The molecule has 0 saturated heterocycles. The van der Waals surface area contributed by atoms with E-state index in [1.807, 2.05) is 45.0 Å². The van der Waals surface area contributed by atoms with E-state index in [9.17, 15) is 14.4 Å². The summed E-state index contributed by atoms with van der Waals surface area (Å²) < 4.78 is 11.3. The molecule has 0 aromatic heterocycles. The number of hydrogen-bond acceptors (Lipinski definition) is 6. The van der Waals surface area contributed by atoms with Gasteiger partial charge in [0, 0.05) is 12.2 Å². The number of hydrazone groups is 1. The molecule has 0 heterocycles. The molecule has 0 aliphatic rings. The van der Waals surface area contributed by atoms with Gasteiger partial charge in [-0.15, -0.1) is 0 Å². The monoisotopic (exact) mass is 454 g/mol. The van der Waals surface area contributed by atoms with E-state index < -0.39 is 11.8 Å². The zero-order chi connectivity index (χ0) is 24.1. The van der Waals surface area contributed by atoms with Gasteiger partial charge in [-0.3, -0.25) is 14.4 Å². The molecule has 33 heavy (non-hydrogen) atoms. The molecule has 2 aromatic carbocycles. The number of amides is 3. The zero-order valence-electron chi connectivity index (χ0n) is 19.1. The summed E-state index contributed by atoms with van der Waals surface area (Å²) in [5.41, 5.74) is 4.59. The Bertz CT molecular complexity index is 991. The number of anilines is 1. The number of para-hydroxylation sites is 1. The molecule has 0 bridgehead atoms. The van der Waals surface area contributed by atoms with Crippen molar-refractivity contribution in [1.29, 1.82) is 0 Å². The van der Waals surface area contributed by atoms with E-state index in [1.165, 1.54) is 6.21 Å². The van der Waals surface area contributed by atoms with Gasteiger partial charge in [0.1, 0.15) is 0 Å². The summed E-state index contributed by atoms with van der Waals surface area (Å²) >= 11 is 0. The molecule has 3 amide bonds. The molecule has 3 N–H and O–H groups in total. The molecule has 9 nitrogen and oxygen atoms in total. The van der Waals surface area contributed by atoms with Gasteiger partial charge in [-0.25, -0.2) is 5.43 Å². The van der Waals surface area contributed by atoms with Crippen molar-refractivity contribution in [2.45, 2.75) is 33.6 Å². The van der Waals surface area contributed by atoms with Crippen molar-refractivity contribution in [2.24, 2.45) is 5.10 Å². The Morgan fingerprint density at radius 3 is 2.48 bits per heavy atom. The fourth-order valence-electron chi connectivity index (χ4n) is 2.81. The lowest BCUT2D eigenvalue weighted by molar-refractivity contribution is -0.139. The fourth-order valence-corrected chi connectivity index (χ4v) is 2.81. The molecule has 2 aromatic rings. The Hall–Kier alpha value is -3.88. The minimum atomic E-state index is -0.847. The largest absolute Gasteiger partial charge is 0.490 e. The van der Waals surface area contributed by atoms with Crippen molar-refractivity contribution < 1.29 is 23.9 Å². The Labute approximate surface area is 193 Å². The quantitative estimate of drug-likeness (QED) is 0.274. The van der Waals surface area contributed by atoms with Crippen LogP contribution in [-0.4, -0.2) is 43.7 Å². The summed E-state index contributed by atoms with van der Waals surface area (Å²) in [5.74, 6) is -1.05. The molecule has 0 aliphatic heterocycles. The van der Waals surface area contributed by atoms with Crippen LogP contribution in [0.25, 0.3) is 0 Å². The minimum Gasteiger partial charge on any atom is -0.490 e. The first-order chi connectivity index (χ1) is 16.0. The van der Waals surface area contributed by atoms with Crippen molar-refractivity contribution in [2.75, 3.05) is 25.1 Å². The van der Waals surface area contributed by atoms with Crippen LogP contribution < -0.4 is 25.5 Å². The first-order valence-corrected chi connectivity index (χ1v) is 10.9. The molecular weight excluding hydrogens is 424 g/mol. The van der Waals surface area contributed by atoms with Gasteiger partial charge >= 0.3 is 11.8 Å². The standard InChI is InChI=1S/C24H30N4O5/c1-4-13-25-23(30)24(31)28-26-15-17-11-12-20(21(14-17)32-6-3)33-16-22(29)27-19-10-8-7-9-18(19)5-2/h7-12,14-15H,4-6,13,16H2,1-3H3,(H,25,30)(H,27,29)(H,28,31)/b26-15-. The number of nitrogens with one attached hydrogen (secondary N) is 3. The molecule has 0 radical (unpaired) electrons. The van der Waals surface area contributed by atoms with Gasteiger partial charge < -0.3 is 20.1 Å². The third kappa shape index (κ3) is 8.29. The summed E-state index contributed by atoms with van der Waals surface area (Å²) in [6.45, 7) is 6.35. The molecule has 0 saturated carbocycles. The molecule has 2 rings (SSSR count). The number of carbonyl (C=O) groups excluding carboxylic acids is 3. The smallest absolute Gasteiger partial charge is 0.329 e. The summed E-state index contributed by atoms with van der Waals surface area (Å²) in [7, 11) is 0. The molecule has 0 fully saturated rings. The topological polar surface area (TPSA) is 118 Å². The normalized spacial score (nSPS) is 10.5. The lowest BCUT2D eigenvalue weighted by Crippen LogP contribution is -2.38. The predicted molar refractivity (Wildman–Crippen MR) is 127 cm³/mol. The molecule has 0 atom stereocenters. The Kier molecular flexibility index (Phi) is 10.4. The van der Waals surface area contributed by atoms with Gasteiger partial charge in [-0.05, 0) is 55.2 Å². The average molecular weight is 455 g/mol. The van der Waals surface area contributed by atoms with Crippen molar-refractivity contribution in [3.8, 4) is 11.5 Å². The number of benzene rings is 2. The summed E-state index contributed by atoms with van der Waals surface area (Å²) in [4.78, 5) is 35.5. The van der Waals surface area contributed by atoms with E-state index in [4.69, 9.17) is 9.47 Å². The average Bonchev–Trinajstić information content (AvgIpc) is 2.82. The summed E-state index contributed by atoms with van der Waals surface area (Å²) in [6, 6.07) is 12.6. The lowest BCUT2D eigenvalue weighted by atomic mass is 10.1. The van der Waals surface area contributed by atoms with Crippen LogP contribution in [0.4, 0.5) is 5.69 Å². The maximum Gasteiger partial charge on any atom is 0.329 e. The molecule has 176 valence electrons. The van der Waals surface area contributed by atoms with Crippen LogP contribution in [-0.2, 0) is 20.8 Å². The van der Waals surface area contributed by atoms with E-state index in [2.05, 4.69) is 21.2 Å². The second-order valence-corrected chi connectivity index (χ2v) is 6.94. The van der Waals surface area contributed by atoms with Crippen molar-refractivity contribution in [3.63, 3.8) is 0 Å². The molecule has 0 unspecified atom stereocenters. The number of rotatable bonds is 11. The zero-order valence-corrected chi connectivity index (χ0v) is 19.1. The number of hydrogen-bond donors (Lipinski definition) is 3. The maximum atomic E-state index is 12.3. The van der Waals surface area contributed by atoms with E-state index in [0.717, 1.165) is 24.1 Å². The first kappa shape index (κ1) is 25.4. The van der Waals surface area contributed by atoms with Crippen LogP contribution in [0.1, 0.15) is 38.3 Å². The third-order valence-electron chi connectivity index (χ3n) is 4.42. The highest BCUT2D eigenvalue weighted by Crippen LogP contribution is 2.28.